The third-order valence-electron chi connectivity index (χ3n) is 5.02. The Bertz CT molecular complexity index is 733. The third kappa shape index (κ3) is 2.73. The number of allylic oxidation sites excluding steroid dienone is 4. The maximum absolute atomic E-state index is 2.34. The van der Waals surface area contributed by atoms with E-state index in [2.05, 4.69) is 82.3 Å². The van der Waals surface area contributed by atoms with Crippen molar-refractivity contribution < 1.29 is 0 Å². The summed E-state index contributed by atoms with van der Waals surface area (Å²) in [6, 6.07) is 20.1. The largest absolute Gasteiger partial charge is 0.0878 e. The molecule has 0 fully saturated rings. The van der Waals surface area contributed by atoms with E-state index in [-0.39, 0.29) is 9.52 Å². The molecule has 1 unspecified atom stereocenters. The molecule has 1 aliphatic rings. The van der Waals surface area contributed by atoms with E-state index in [0.717, 1.165) is 0 Å². The topological polar surface area (TPSA) is 0 Å². The van der Waals surface area contributed by atoms with Crippen LogP contribution in [0.3, 0.4) is 0 Å². The molecule has 0 aromatic heterocycles. The quantitative estimate of drug-likeness (QED) is 0.746. The van der Waals surface area contributed by atoms with Crippen LogP contribution in [-0.4, -0.2) is 9.52 Å². The predicted molar refractivity (Wildman–Crippen MR) is 99.6 cm³/mol. The summed E-state index contributed by atoms with van der Waals surface area (Å²) in [6.45, 7) is 9.13. The van der Waals surface area contributed by atoms with Gasteiger partial charge in [0.2, 0.25) is 0 Å². The molecule has 0 amide bonds. The summed E-state index contributed by atoms with van der Waals surface area (Å²) < 4.78 is 0. The maximum atomic E-state index is 2.34. The van der Waals surface area contributed by atoms with Crippen LogP contribution in [0.15, 0.2) is 76.5 Å². The third-order valence-corrected chi connectivity index (χ3v) is 7.34. The monoisotopic (exact) mass is 304 g/mol. The minimum atomic E-state index is -0.384. The highest BCUT2D eigenvalue weighted by Gasteiger charge is 2.27. The average molecular weight is 305 g/mol. The molecule has 22 heavy (non-hydrogen) atoms. The normalized spacial score (nSPS) is 18.8. The lowest BCUT2D eigenvalue weighted by Gasteiger charge is -2.16. The van der Waals surface area contributed by atoms with E-state index in [0.29, 0.717) is 5.92 Å². The van der Waals surface area contributed by atoms with E-state index in [1.807, 2.05) is 0 Å². The van der Waals surface area contributed by atoms with E-state index >= 15 is 0 Å². The fourth-order valence-corrected chi connectivity index (χ4v) is 5.52. The number of benzene rings is 2. The van der Waals surface area contributed by atoms with Crippen molar-refractivity contribution in [1.82, 2.24) is 0 Å². The fraction of sp³-hybridized carbons (Fsp3) is 0.238. The van der Waals surface area contributed by atoms with Gasteiger partial charge in [-0.2, -0.15) is 0 Å². The Morgan fingerprint density at radius 2 is 1.36 bits per heavy atom. The summed E-state index contributed by atoms with van der Waals surface area (Å²) in [5.74, 6) is 0.492. The molecule has 0 heterocycles. The van der Waals surface area contributed by atoms with Gasteiger partial charge in [-0.1, -0.05) is 87.3 Å². The smallest absolute Gasteiger partial charge is 0.0633 e. The van der Waals surface area contributed by atoms with E-state index < -0.39 is 0 Å². The van der Waals surface area contributed by atoms with Gasteiger partial charge in [0.05, 0.1) is 9.52 Å². The molecule has 0 spiro atoms. The summed E-state index contributed by atoms with van der Waals surface area (Å²) in [6.07, 6.45) is 0. The van der Waals surface area contributed by atoms with Gasteiger partial charge in [0.1, 0.15) is 0 Å². The van der Waals surface area contributed by atoms with Crippen molar-refractivity contribution >= 4 is 14.7 Å². The first-order valence-electron chi connectivity index (χ1n) is 8.06. The molecule has 112 valence electrons. The molecule has 0 saturated carbocycles. The van der Waals surface area contributed by atoms with Gasteiger partial charge < -0.3 is 0 Å². The minimum Gasteiger partial charge on any atom is -0.0633 e. The van der Waals surface area contributed by atoms with Crippen LogP contribution in [0.2, 0.25) is 0 Å². The molecule has 0 radical (unpaired) electrons. The van der Waals surface area contributed by atoms with Crippen molar-refractivity contribution in [3.8, 4) is 0 Å². The van der Waals surface area contributed by atoms with Crippen LogP contribution in [0, 0.1) is 6.92 Å². The summed E-state index contributed by atoms with van der Waals surface area (Å²) >= 11 is 0. The van der Waals surface area contributed by atoms with Gasteiger partial charge in [-0.15, -0.1) is 0 Å². The highest BCUT2D eigenvalue weighted by atomic mass is 28.2. The van der Waals surface area contributed by atoms with Crippen molar-refractivity contribution in [3.05, 3.63) is 87.6 Å². The lowest BCUT2D eigenvalue weighted by Crippen LogP contribution is -2.16. The van der Waals surface area contributed by atoms with Crippen LogP contribution in [0.25, 0.3) is 0 Å². The second-order valence-electron chi connectivity index (χ2n) is 6.48. The van der Waals surface area contributed by atoms with Gasteiger partial charge >= 0.3 is 0 Å². The highest BCUT2D eigenvalue weighted by molar-refractivity contribution is 6.62. The molecule has 0 bridgehead atoms. The van der Waals surface area contributed by atoms with Crippen molar-refractivity contribution in [3.63, 3.8) is 0 Å². The zero-order valence-electron chi connectivity index (χ0n) is 14.0. The van der Waals surface area contributed by atoms with Gasteiger partial charge in [0, 0.05) is 5.92 Å². The Labute approximate surface area is 136 Å². The van der Waals surface area contributed by atoms with Crippen LogP contribution in [-0.2, 0) is 0 Å². The van der Waals surface area contributed by atoms with E-state index in [4.69, 9.17) is 0 Å². The van der Waals surface area contributed by atoms with Crippen LogP contribution in [0.4, 0.5) is 0 Å². The number of rotatable bonds is 3. The van der Waals surface area contributed by atoms with E-state index in [1.54, 1.807) is 21.9 Å². The molecule has 2 aromatic carbocycles. The van der Waals surface area contributed by atoms with Crippen molar-refractivity contribution in [1.29, 1.82) is 0 Å². The summed E-state index contributed by atoms with van der Waals surface area (Å²) in [7, 11) is -0.384. The van der Waals surface area contributed by atoms with Gasteiger partial charge in [-0.3, -0.25) is 0 Å². The first kappa shape index (κ1) is 15.0. The number of hydrogen-bond donors (Lipinski definition) is 0. The van der Waals surface area contributed by atoms with E-state index in [1.165, 1.54) is 16.3 Å². The van der Waals surface area contributed by atoms with Crippen LogP contribution in [0.5, 0.6) is 0 Å². The molecule has 1 heteroatoms. The minimum absolute atomic E-state index is 0.384. The molecule has 0 nitrogen and oxygen atoms in total. The molecule has 0 N–H and O–H groups in total. The Kier molecular flexibility index (Phi) is 4.17. The Morgan fingerprint density at radius 3 is 2.00 bits per heavy atom. The van der Waals surface area contributed by atoms with Crippen LogP contribution in [0.1, 0.15) is 37.8 Å². The lowest BCUT2D eigenvalue weighted by molar-refractivity contribution is 0.937. The summed E-state index contributed by atoms with van der Waals surface area (Å²) in [5, 5.41) is 3.20. The second-order valence-corrected chi connectivity index (χ2v) is 8.35. The lowest BCUT2D eigenvalue weighted by atomic mass is 9.89. The molecule has 0 aliphatic heterocycles. The number of aryl methyl sites for hydroxylation is 1. The van der Waals surface area contributed by atoms with Gasteiger partial charge in [-0.25, -0.2) is 0 Å². The van der Waals surface area contributed by atoms with Crippen molar-refractivity contribution in [2.75, 3.05) is 0 Å². The molecule has 1 atom stereocenters. The van der Waals surface area contributed by atoms with Crippen LogP contribution < -0.4 is 5.19 Å². The zero-order valence-corrected chi connectivity index (χ0v) is 15.4. The number of hydrogen-bond acceptors (Lipinski definition) is 0. The van der Waals surface area contributed by atoms with Gasteiger partial charge in [0.15, 0.2) is 0 Å². The van der Waals surface area contributed by atoms with Gasteiger partial charge in [0.25, 0.3) is 0 Å². The molecule has 3 rings (SSSR count). The van der Waals surface area contributed by atoms with Gasteiger partial charge in [-0.05, 0) is 33.3 Å². The summed E-state index contributed by atoms with van der Waals surface area (Å²) in [4.78, 5) is 0. The Balaban J connectivity index is 1.98. The average Bonchev–Trinajstić information content (AvgIpc) is 2.73. The fourth-order valence-electron chi connectivity index (χ4n) is 3.58. The standard InChI is InChI=1S/C21H24Si/c1-14-10-12-18(13-11-14)20-15(2)16(3)21(17(20)4)22-19-8-6-5-7-9-19/h5-13,20H,22H2,1-4H3. The molecular formula is C21H24Si. The maximum Gasteiger partial charge on any atom is 0.0878 e. The second kappa shape index (κ2) is 6.10. The first-order valence-corrected chi connectivity index (χ1v) is 9.47. The SMILES string of the molecule is CC1=C(C)C(c2ccc(C)cc2)C(C)=C1[SiH2]c1ccccc1. The molecule has 0 saturated heterocycles. The van der Waals surface area contributed by atoms with Crippen LogP contribution >= 0.6 is 0 Å². The zero-order chi connectivity index (χ0) is 15.7. The molecule has 1 aliphatic carbocycles. The molecular weight excluding hydrogens is 280 g/mol. The Hall–Kier alpha value is -1.86. The highest BCUT2D eigenvalue weighted by Crippen LogP contribution is 2.42. The van der Waals surface area contributed by atoms with Crippen molar-refractivity contribution in [2.45, 2.75) is 33.6 Å². The van der Waals surface area contributed by atoms with E-state index in [9.17, 15) is 0 Å². The summed E-state index contributed by atoms with van der Waals surface area (Å²) in [5.41, 5.74) is 7.44. The van der Waals surface area contributed by atoms with Crippen molar-refractivity contribution in [2.24, 2.45) is 0 Å². The molecule has 2 aromatic rings. The predicted octanol–water partition coefficient (Wildman–Crippen LogP) is 4.20. The first-order chi connectivity index (χ1) is 10.6. The Morgan fingerprint density at radius 1 is 0.727 bits per heavy atom.